The zero-order chi connectivity index (χ0) is 44.0. The molecule has 1 spiro atoms. The second-order valence-corrected chi connectivity index (χ2v) is 18.4. The topological polar surface area (TPSA) is 6.48 Å². The Kier molecular flexibility index (Phi) is 8.51. The number of hydrogen-bond donors (Lipinski definition) is 0. The van der Waals surface area contributed by atoms with E-state index in [1.54, 1.807) is 0 Å². The van der Waals surface area contributed by atoms with E-state index in [9.17, 15) is 0 Å². The molecule has 1 aliphatic heterocycles. The molecule has 1 heterocycles. The number of anilines is 6. The average molecular weight is 843 g/mol. The van der Waals surface area contributed by atoms with Gasteiger partial charge in [0.25, 0.3) is 0 Å². The summed E-state index contributed by atoms with van der Waals surface area (Å²) < 4.78 is 0. The van der Waals surface area contributed by atoms with Crippen LogP contribution in [0.3, 0.4) is 0 Å². The zero-order valence-electron chi connectivity index (χ0n) is 37.0. The van der Waals surface area contributed by atoms with Gasteiger partial charge in [0.1, 0.15) is 0 Å². The molecule has 0 aromatic heterocycles. The van der Waals surface area contributed by atoms with Gasteiger partial charge >= 0.3 is 0 Å². The second-order valence-electron chi connectivity index (χ2n) is 18.4. The van der Waals surface area contributed by atoms with Gasteiger partial charge < -0.3 is 9.80 Å². The summed E-state index contributed by atoms with van der Waals surface area (Å²) in [6.07, 6.45) is 0. The molecule has 0 atom stereocenters. The maximum atomic E-state index is 2.52. The summed E-state index contributed by atoms with van der Waals surface area (Å²) in [5.41, 5.74) is 24.0. The molecule has 10 aromatic rings. The first-order valence-electron chi connectivity index (χ1n) is 23.1. The summed E-state index contributed by atoms with van der Waals surface area (Å²) in [7, 11) is 0. The van der Waals surface area contributed by atoms with Crippen molar-refractivity contribution in [1.82, 2.24) is 0 Å². The van der Waals surface area contributed by atoms with Crippen LogP contribution in [0.4, 0.5) is 34.1 Å². The minimum Gasteiger partial charge on any atom is -0.310 e. The molecule has 0 amide bonds. The SMILES string of the molecule is CC1(C)c2cc(-c3ccccc3)ccc2-c2ccc(N(c3ccc(-c4ccccc4)cc3)c3cccc4c3-c3ccccc3C43c4ccccc4N(c4ccccc4)c4ccccc43)cc21. The molecule has 3 aliphatic rings. The van der Waals surface area contributed by atoms with E-state index in [-0.39, 0.29) is 5.41 Å². The van der Waals surface area contributed by atoms with Crippen LogP contribution in [0.1, 0.15) is 47.2 Å². The number of para-hydroxylation sites is 3. The Morgan fingerprint density at radius 3 is 1.48 bits per heavy atom. The molecule has 0 N–H and O–H groups in total. The number of nitrogens with zero attached hydrogens (tertiary/aromatic N) is 2. The van der Waals surface area contributed by atoms with Gasteiger partial charge in [-0.25, -0.2) is 0 Å². The third-order valence-corrected chi connectivity index (χ3v) is 14.7. The first-order valence-corrected chi connectivity index (χ1v) is 23.1. The molecular weight excluding hydrogens is 797 g/mol. The van der Waals surface area contributed by atoms with Gasteiger partial charge in [0.05, 0.1) is 22.5 Å². The van der Waals surface area contributed by atoms with Gasteiger partial charge in [-0.15, -0.1) is 0 Å². The monoisotopic (exact) mass is 842 g/mol. The Hall–Kier alpha value is -8.20. The van der Waals surface area contributed by atoms with Crippen molar-refractivity contribution in [1.29, 1.82) is 0 Å². The molecule has 0 saturated carbocycles. The van der Waals surface area contributed by atoms with Crippen molar-refractivity contribution in [2.75, 3.05) is 9.80 Å². The molecule has 0 fully saturated rings. The summed E-state index contributed by atoms with van der Waals surface area (Å²) in [4.78, 5) is 4.98. The highest BCUT2D eigenvalue weighted by molar-refractivity contribution is 6.01. The third kappa shape index (κ3) is 5.48. The minimum absolute atomic E-state index is 0.219. The predicted molar refractivity (Wildman–Crippen MR) is 275 cm³/mol. The Labute approximate surface area is 387 Å². The summed E-state index contributed by atoms with van der Waals surface area (Å²) in [6.45, 7) is 4.79. The normalized spacial score (nSPS) is 14.1. The molecular formula is C64H46N2. The first kappa shape index (κ1) is 38.3. The minimum atomic E-state index is -0.568. The van der Waals surface area contributed by atoms with Crippen molar-refractivity contribution >= 4 is 34.1 Å². The molecule has 2 nitrogen and oxygen atoms in total. The van der Waals surface area contributed by atoms with Crippen molar-refractivity contribution < 1.29 is 0 Å². The van der Waals surface area contributed by atoms with Gasteiger partial charge in [-0.2, -0.15) is 0 Å². The Morgan fingerprint density at radius 2 is 0.818 bits per heavy atom. The molecule has 10 aromatic carbocycles. The van der Waals surface area contributed by atoms with E-state index >= 15 is 0 Å². The van der Waals surface area contributed by atoms with Gasteiger partial charge in [0, 0.05) is 28.0 Å². The maximum absolute atomic E-state index is 2.52. The number of rotatable bonds is 6. The zero-order valence-corrected chi connectivity index (χ0v) is 37.0. The average Bonchev–Trinajstić information content (AvgIpc) is 3.80. The molecule has 66 heavy (non-hydrogen) atoms. The van der Waals surface area contributed by atoms with Crippen LogP contribution in [0.2, 0.25) is 0 Å². The lowest BCUT2D eigenvalue weighted by Gasteiger charge is -2.45. The molecule has 0 radical (unpaired) electrons. The maximum Gasteiger partial charge on any atom is 0.0755 e. The second kappa shape index (κ2) is 14.7. The lowest BCUT2D eigenvalue weighted by molar-refractivity contribution is 0.660. The molecule has 312 valence electrons. The molecule has 2 aliphatic carbocycles. The predicted octanol–water partition coefficient (Wildman–Crippen LogP) is 16.9. The van der Waals surface area contributed by atoms with E-state index in [0.29, 0.717) is 0 Å². The highest BCUT2D eigenvalue weighted by Crippen LogP contribution is 2.65. The molecule has 0 bridgehead atoms. The van der Waals surface area contributed by atoms with E-state index < -0.39 is 5.41 Å². The van der Waals surface area contributed by atoms with Crippen molar-refractivity contribution in [3.8, 4) is 44.5 Å². The van der Waals surface area contributed by atoms with Crippen LogP contribution >= 0.6 is 0 Å². The van der Waals surface area contributed by atoms with Crippen molar-refractivity contribution in [2.24, 2.45) is 0 Å². The fourth-order valence-corrected chi connectivity index (χ4v) is 11.7. The van der Waals surface area contributed by atoms with E-state index in [4.69, 9.17) is 0 Å². The van der Waals surface area contributed by atoms with Crippen LogP contribution in [0.15, 0.2) is 243 Å². The lowest BCUT2D eigenvalue weighted by Crippen LogP contribution is -2.36. The lowest BCUT2D eigenvalue weighted by atomic mass is 9.64. The Morgan fingerprint density at radius 1 is 0.333 bits per heavy atom. The van der Waals surface area contributed by atoms with Crippen LogP contribution in [-0.4, -0.2) is 0 Å². The van der Waals surface area contributed by atoms with Gasteiger partial charge in [-0.1, -0.05) is 196 Å². The largest absolute Gasteiger partial charge is 0.310 e. The van der Waals surface area contributed by atoms with Gasteiger partial charge in [-0.3, -0.25) is 0 Å². The van der Waals surface area contributed by atoms with Gasteiger partial charge in [0.2, 0.25) is 0 Å². The fourth-order valence-electron chi connectivity index (χ4n) is 11.7. The number of fused-ring (bicyclic) bond motifs is 12. The van der Waals surface area contributed by atoms with Crippen molar-refractivity contribution in [3.63, 3.8) is 0 Å². The first-order chi connectivity index (χ1) is 32.5. The van der Waals surface area contributed by atoms with Gasteiger partial charge in [-0.05, 0) is 133 Å². The highest BCUT2D eigenvalue weighted by atomic mass is 15.2. The van der Waals surface area contributed by atoms with E-state index in [2.05, 4.69) is 266 Å². The van der Waals surface area contributed by atoms with Crippen molar-refractivity contribution in [3.05, 3.63) is 276 Å². The summed E-state index contributed by atoms with van der Waals surface area (Å²) in [5.74, 6) is 0. The van der Waals surface area contributed by atoms with E-state index in [1.807, 2.05) is 0 Å². The quantitative estimate of drug-likeness (QED) is 0.165. The van der Waals surface area contributed by atoms with E-state index in [1.165, 1.54) is 89.3 Å². The van der Waals surface area contributed by atoms with Gasteiger partial charge in [0.15, 0.2) is 0 Å². The Balaban J connectivity index is 1.04. The number of benzene rings is 10. The fraction of sp³-hybridized carbons (Fsp3) is 0.0625. The molecule has 13 rings (SSSR count). The van der Waals surface area contributed by atoms with Crippen LogP contribution in [-0.2, 0) is 10.8 Å². The summed E-state index contributed by atoms with van der Waals surface area (Å²) >= 11 is 0. The van der Waals surface area contributed by atoms with E-state index in [0.717, 1.165) is 22.7 Å². The molecule has 0 saturated heterocycles. The smallest absolute Gasteiger partial charge is 0.0755 e. The van der Waals surface area contributed by atoms with Crippen LogP contribution < -0.4 is 9.80 Å². The third-order valence-electron chi connectivity index (χ3n) is 14.7. The molecule has 0 unspecified atom stereocenters. The Bertz CT molecular complexity index is 3450. The van der Waals surface area contributed by atoms with Crippen LogP contribution in [0.25, 0.3) is 44.5 Å². The van der Waals surface area contributed by atoms with Crippen LogP contribution in [0, 0.1) is 0 Å². The van der Waals surface area contributed by atoms with Crippen LogP contribution in [0.5, 0.6) is 0 Å². The standard InChI is InChI=1S/C64H46N2/c1-63(2)57-41-46(44-21-8-4-9-22-44)35-39-50(57)51-40-38-49(42-58(51)63)65(48-36-33-45(34-37-48)43-19-6-3-7-20-43)61-32-18-29-56-62(61)52-25-12-13-26-53(52)64(56)54-27-14-16-30-59(54)66(47-23-10-5-11-24-47)60-31-17-15-28-55(60)64/h3-42H,1-2H3. The summed E-state index contributed by atoms with van der Waals surface area (Å²) in [6, 6.07) is 90.0. The highest BCUT2D eigenvalue weighted by Gasteiger charge is 2.52. The van der Waals surface area contributed by atoms with Crippen molar-refractivity contribution in [2.45, 2.75) is 24.7 Å². The molecule has 2 heteroatoms. The number of hydrogen-bond acceptors (Lipinski definition) is 2. The summed E-state index contributed by atoms with van der Waals surface area (Å²) in [5, 5.41) is 0.